The SMILES string of the molecule is CNc1cc(C(=O)NC(C(N)=O)C(C)C)c(Cl)cn1. The van der Waals surface area contributed by atoms with Crippen molar-refractivity contribution < 1.29 is 9.59 Å². The number of hydrogen-bond acceptors (Lipinski definition) is 4. The Morgan fingerprint density at radius 3 is 2.53 bits per heavy atom. The second kappa shape index (κ2) is 6.38. The average molecular weight is 285 g/mol. The third-order valence-electron chi connectivity index (χ3n) is 2.62. The van der Waals surface area contributed by atoms with E-state index < -0.39 is 17.9 Å². The predicted octanol–water partition coefficient (Wildman–Crippen LogP) is 1.02. The number of aromatic nitrogens is 1. The summed E-state index contributed by atoms with van der Waals surface area (Å²) in [4.78, 5) is 27.3. The summed E-state index contributed by atoms with van der Waals surface area (Å²) in [5.74, 6) is -0.635. The maximum Gasteiger partial charge on any atom is 0.253 e. The summed E-state index contributed by atoms with van der Waals surface area (Å²) in [6.07, 6.45) is 1.37. The molecule has 0 saturated carbocycles. The number of anilines is 1. The van der Waals surface area contributed by atoms with Crippen LogP contribution in [0.4, 0.5) is 5.82 Å². The Labute approximate surface area is 116 Å². The van der Waals surface area contributed by atoms with Crippen LogP contribution in [0.1, 0.15) is 24.2 Å². The quantitative estimate of drug-likeness (QED) is 0.752. The Kier molecular flexibility index (Phi) is 5.11. The van der Waals surface area contributed by atoms with Crippen molar-refractivity contribution in [1.82, 2.24) is 10.3 Å². The number of amides is 2. The number of carbonyl (C=O) groups excluding carboxylic acids is 2. The molecule has 2 amide bonds. The van der Waals surface area contributed by atoms with Gasteiger partial charge >= 0.3 is 0 Å². The highest BCUT2D eigenvalue weighted by atomic mass is 35.5. The molecule has 0 radical (unpaired) electrons. The van der Waals surface area contributed by atoms with E-state index in [1.54, 1.807) is 20.9 Å². The number of pyridine rings is 1. The minimum absolute atomic E-state index is 0.106. The maximum atomic E-state index is 12.1. The molecule has 19 heavy (non-hydrogen) atoms. The first-order valence-corrected chi connectivity index (χ1v) is 6.18. The lowest BCUT2D eigenvalue weighted by Crippen LogP contribution is -2.47. The molecule has 104 valence electrons. The maximum absolute atomic E-state index is 12.1. The second-order valence-corrected chi connectivity index (χ2v) is 4.80. The largest absolute Gasteiger partial charge is 0.373 e. The molecule has 1 atom stereocenters. The first kappa shape index (κ1) is 15.2. The number of nitrogens with one attached hydrogen (secondary N) is 2. The summed E-state index contributed by atoms with van der Waals surface area (Å²) in [5.41, 5.74) is 5.49. The lowest BCUT2D eigenvalue weighted by atomic mass is 10.0. The molecule has 0 aromatic carbocycles. The van der Waals surface area contributed by atoms with E-state index in [4.69, 9.17) is 17.3 Å². The molecule has 1 heterocycles. The van der Waals surface area contributed by atoms with Gasteiger partial charge in [-0.3, -0.25) is 9.59 Å². The molecule has 0 aliphatic rings. The van der Waals surface area contributed by atoms with E-state index in [1.165, 1.54) is 12.3 Å². The van der Waals surface area contributed by atoms with E-state index in [1.807, 2.05) is 0 Å². The average Bonchev–Trinajstić information content (AvgIpc) is 2.35. The van der Waals surface area contributed by atoms with Crippen LogP contribution >= 0.6 is 11.6 Å². The van der Waals surface area contributed by atoms with E-state index in [0.29, 0.717) is 5.82 Å². The van der Waals surface area contributed by atoms with Gasteiger partial charge in [0.1, 0.15) is 11.9 Å². The highest BCUT2D eigenvalue weighted by Crippen LogP contribution is 2.18. The number of nitrogens with zero attached hydrogens (tertiary/aromatic N) is 1. The van der Waals surface area contributed by atoms with Crippen molar-refractivity contribution >= 4 is 29.2 Å². The van der Waals surface area contributed by atoms with Gasteiger partial charge in [-0.15, -0.1) is 0 Å². The van der Waals surface area contributed by atoms with Gasteiger partial charge in [-0.05, 0) is 12.0 Å². The standard InChI is InChI=1S/C12H17ClN4O2/c1-6(2)10(11(14)18)17-12(19)7-4-9(15-3)16-5-8(7)13/h4-6,10H,1-3H3,(H2,14,18)(H,15,16)(H,17,19). The van der Waals surface area contributed by atoms with E-state index in [9.17, 15) is 9.59 Å². The molecule has 1 unspecified atom stereocenters. The monoisotopic (exact) mass is 284 g/mol. The highest BCUT2D eigenvalue weighted by Gasteiger charge is 2.23. The number of rotatable bonds is 5. The highest BCUT2D eigenvalue weighted by molar-refractivity contribution is 6.33. The molecule has 1 rings (SSSR count). The van der Waals surface area contributed by atoms with Crippen molar-refractivity contribution in [1.29, 1.82) is 0 Å². The molecule has 1 aromatic rings. The Hall–Kier alpha value is -1.82. The molecule has 0 spiro atoms. The van der Waals surface area contributed by atoms with E-state index in [2.05, 4.69) is 15.6 Å². The van der Waals surface area contributed by atoms with Gasteiger partial charge in [0.15, 0.2) is 0 Å². The Balaban J connectivity index is 2.97. The normalized spacial score (nSPS) is 12.1. The first-order valence-electron chi connectivity index (χ1n) is 5.80. The van der Waals surface area contributed by atoms with Gasteiger partial charge in [0, 0.05) is 13.2 Å². The van der Waals surface area contributed by atoms with Gasteiger partial charge in [0.25, 0.3) is 5.91 Å². The molecule has 0 saturated heterocycles. The van der Waals surface area contributed by atoms with Crippen molar-refractivity contribution in [2.24, 2.45) is 11.7 Å². The van der Waals surface area contributed by atoms with Crippen LogP contribution in [0.3, 0.4) is 0 Å². The van der Waals surface area contributed by atoms with Crippen LogP contribution in [0.2, 0.25) is 5.02 Å². The van der Waals surface area contributed by atoms with Crippen LogP contribution in [0, 0.1) is 5.92 Å². The molecule has 0 bridgehead atoms. The van der Waals surface area contributed by atoms with Gasteiger partial charge in [0.2, 0.25) is 5.91 Å². The molecule has 4 N–H and O–H groups in total. The zero-order chi connectivity index (χ0) is 14.6. The minimum atomic E-state index is -0.741. The van der Waals surface area contributed by atoms with Crippen molar-refractivity contribution in [3.8, 4) is 0 Å². The van der Waals surface area contributed by atoms with Crippen LogP contribution in [-0.4, -0.2) is 29.9 Å². The van der Waals surface area contributed by atoms with E-state index in [-0.39, 0.29) is 16.5 Å². The third-order valence-corrected chi connectivity index (χ3v) is 2.92. The van der Waals surface area contributed by atoms with Crippen LogP contribution in [0.15, 0.2) is 12.3 Å². The smallest absolute Gasteiger partial charge is 0.253 e. The van der Waals surface area contributed by atoms with E-state index in [0.717, 1.165) is 0 Å². The van der Waals surface area contributed by atoms with Gasteiger partial charge in [-0.1, -0.05) is 25.4 Å². The Bertz CT molecular complexity index is 491. The summed E-state index contributed by atoms with van der Waals surface area (Å²) in [6, 6.07) is 0.769. The summed E-state index contributed by atoms with van der Waals surface area (Å²) in [6.45, 7) is 3.59. The summed E-state index contributed by atoms with van der Waals surface area (Å²) < 4.78 is 0. The van der Waals surface area contributed by atoms with Crippen molar-refractivity contribution in [2.45, 2.75) is 19.9 Å². The number of carbonyl (C=O) groups is 2. The molecule has 7 heteroatoms. The summed E-state index contributed by atoms with van der Waals surface area (Å²) in [7, 11) is 1.68. The molecular weight excluding hydrogens is 268 g/mol. The second-order valence-electron chi connectivity index (χ2n) is 4.40. The zero-order valence-corrected chi connectivity index (χ0v) is 11.8. The van der Waals surface area contributed by atoms with Crippen molar-refractivity contribution in [3.05, 3.63) is 22.8 Å². The zero-order valence-electron chi connectivity index (χ0n) is 11.0. The first-order chi connectivity index (χ1) is 8.86. The molecule has 0 aliphatic heterocycles. The van der Waals surface area contributed by atoms with Crippen LogP contribution in [0.25, 0.3) is 0 Å². The number of nitrogens with two attached hydrogens (primary N) is 1. The van der Waals surface area contributed by atoms with Crippen molar-refractivity contribution in [3.63, 3.8) is 0 Å². The minimum Gasteiger partial charge on any atom is -0.373 e. The molecule has 0 fully saturated rings. The van der Waals surface area contributed by atoms with Gasteiger partial charge < -0.3 is 16.4 Å². The lowest BCUT2D eigenvalue weighted by molar-refractivity contribution is -0.120. The van der Waals surface area contributed by atoms with Crippen LogP contribution in [0.5, 0.6) is 0 Å². The molecular formula is C12H17ClN4O2. The summed E-state index contributed by atoms with van der Waals surface area (Å²) in [5, 5.41) is 5.59. The Morgan fingerprint density at radius 1 is 1.42 bits per heavy atom. The fourth-order valence-electron chi connectivity index (χ4n) is 1.53. The van der Waals surface area contributed by atoms with Crippen LogP contribution in [-0.2, 0) is 4.79 Å². The summed E-state index contributed by atoms with van der Waals surface area (Å²) >= 11 is 5.92. The van der Waals surface area contributed by atoms with Gasteiger partial charge in [0.05, 0.1) is 10.6 Å². The van der Waals surface area contributed by atoms with Crippen LogP contribution < -0.4 is 16.4 Å². The third kappa shape index (κ3) is 3.82. The fourth-order valence-corrected chi connectivity index (χ4v) is 1.72. The Morgan fingerprint density at radius 2 is 2.05 bits per heavy atom. The molecule has 0 aliphatic carbocycles. The predicted molar refractivity (Wildman–Crippen MR) is 74.1 cm³/mol. The number of hydrogen-bond donors (Lipinski definition) is 3. The van der Waals surface area contributed by atoms with Gasteiger partial charge in [-0.2, -0.15) is 0 Å². The topological polar surface area (TPSA) is 97.1 Å². The van der Waals surface area contributed by atoms with Gasteiger partial charge in [-0.25, -0.2) is 4.98 Å². The van der Waals surface area contributed by atoms with Crippen molar-refractivity contribution in [2.75, 3.05) is 12.4 Å². The fraction of sp³-hybridized carbons (Fsp3) is 0.417. The molecule has 1 aromatic heterocycles. The van der Waals surface area contributed by atoms with E-state index >= 15 is 0 Å². The number of primary amides is 1. The molecule has 6 nitrogen and oxygen atoms in total. The lowest BCUT2D eigenvalue weighted by Gasteiger charge is -2.19. The number of halogens is 1.